The van der Waals surface area contributed by atoms with Crippen LogP contribution in [0.2, 0.25) is 0 Å². The minimum Gasteiger partial charge on any atom is -0.489 e. The Balaban J connectivity index is 1.36. The Hall–Kier alpha value is -8.31. The van der Waals surface area contributed by atoms with E-state index in [9.17, 15) is 53.4 Å². The number of aliphatic imine (C=N–C) groups is 2. The van der Waals surface area contributed by atoms with E-state index in [0.717, 1.165) is 11.1 Å². The van der Waals surface area contributed by atoms with E-state index in [2.05, 4.69) is 53.8 Å². The maximum atomic E-state index is 14.2. The van der Waals surface area contributed by atoms with Gasteiger partial charge in [-0.3, -0.25) is 48.3 Å². The first kappa shape index (κ1) is 72.2. The summed E-state index contributed by atoms with van der Waals surface area (Å²) >= 11 is 0. The molecule has 10 atom stereocenters. The molecule has 2 aromatic carbocycles. The van der Waals surface area contributed by atoms with Gasteiger partial charge in [-0.1, -0.05) is 80.6 Å². The number of aliphatic hydroxyl groups excluding tert-OH is 1. The largest absolute Gasteiger partial charge is 0.489 e. The molecule has 2 heterocycles. The minimum atomic E-state index is -1.61. The van der Waals surface area contributed by atoms with Crippen molar-refractivity contribution in [1.29, 1.82) is 0 Å². The molecule has 0 saturated carbocycles. The molecular formula is C60H92N16O12. The van der Waals surface area contributed by atoms with Gasteiger partial charge in [-0.25, -0.2) is 4.79 Å². The van der Waals surface area contributed by atoms with Crippen LogP contribution in [-0.2, 0) is 56.2 Å². The van der Waals surface area contributed by atoms with Crippen LogP contribution in [0.3, 0.4) is 0 Å². The van der Waals surface area contributed by atoms with Crippen molar-refractivity contribution in [3.8, 4) is 5.75 Å². The maximum Gasteiger partial charge on any atom is 0.326 e. The summed E-state index contributed by atoms with van der Waals surface area (Å²) in [6.07, 6.45) is 4.84. The van der Waals surface area contributed by atoms with E-state index in [4.69, 9.17) is 39.1 Å². The predicted octanol–water partition coefficient (Wildman–Crippen LogP) is -2.27. The molecule has 21 N–H and O–H groups in total. The number of hydrogen-bond donors (Lipinski definition) is 15. The standard InChI is InChI=1S/C60H92N16O12/c1-35(2)27-46(73-52(80)44(18-11-25-69-60(65)66)72-56(84)49-19-12-26-76(49)57(85)42(62)16-10-24-68-59(63)64)54(82)75-48(33-77)55(83)71-43(50(78)32-67-30-36(3)4)17-9-8-15-41(61)51(79)39-29-45(70-31-39)53(81)74-47(58(86)87)28-37-20-22-40(23-21-37)88-34-38-13-6-5-7-14-38/h5-9,13-14,20-23,35,39,41-49,67,70,77H,3,10-12,15-19,24-34,61-62H2,1-2,4H3,(H,71,83)(H,72,84)(H,73,80)(H,74,81)(H,75,82)(H,86,87)(H4,63,64,68)(H4,65,66,69)/b9-8+/t39?,41-,42-,43+,44-,45-,46-,47+,48-,49-/m0/s1. The normalized spacial score (nSPS) is 17.9. The fourth-order valence-corrected chi connectivity index (χ4v) is 9.92. The number of nitrogens with two attached hydrogens (primary N) is 6. The van der Waals surface area contributed by atoms with Crippen molar-refractivity contribution in [2.24, 2.45) is 56.2 Å². The van der Waals surface area contributed by atoms with Gasteiger partial charge in [-0.2, -0.15) is 0 Å². The third kappa shape index (κ3) is 25.2. The van der Waals surface area contributed by atoms with Gasteiger partial charge in [0.25, 0.3) is 0 Å². The zero-order valence-electron chi connectivity index (χ0n) is 50.6. The molecule has 88 heavy (non-hydrogen) atoms. The van der Waals surface area contributed by atoms with Gasteiger partial charge in [0.1, 0.15) is 42.6 Å². The maximum absolute atomic E-state index is 14.2. The third-order valence-electron chi connectivity index (χ3n) is 14.7. The molecule has 0 spiro atoms. The number of carboxylic acids is 1. The number of nitrogens with one attached hydrogen (secondary N) is 7. The summed E-state index contributed by atoms with van der Waals surface area (Å²) in [7, 11) is 0. The van der Waals surface area contributed by atoms with Crippen molar-refractivity contribution >= 4 is 64.9 Å². The van der Waals surface area contributed by atoms with Crippen LogP contribution in [0.25, 0.3) is 0 Å². The molecule has 0 bridgehead atoms. The highest BCUT2D eigenvalue weighted by atomic mass is 16.5. The van der Waals surface area contributed by atoms with Crippen LogP contribution in [-0.4, -0.2) is 180 Å². The molecule has 28 nitrogen and oxygen atoms in total. The Labute approximate surface area is 513 Å². The van der Waals surface area contributed by atoms with Crippen molar-refractivity contribution in [2.45, 2.75) is 152 Å². The lowest BCUT2D eigenvalue weighted by Crippen LogP contribution is -2.60. The average molecular weight is 1230 g/mol. The molecule has 1 unspecified atom stereocenters. The number of carbonyl (C=O) groups excluding carboxylic acids is 8. The zero-order valence-corrected chi connectivity index (χ0v) is 50.6. The average Bonchev–Trinajstić information content (AvgIpc) is 3.83. The molecule has 2 aliphatic rings. The summed E-state index contributed by atoms with van der Waals surface area (Å²) < 4.78 is 5.83. The number of carboxylic acid groups (broad SMARTS) is 1. The second-order valence-corrected chi connectivity index (χ2v) is 22.6. The number of Topliss-reactive ketones (excluding diaryl/α,β-unsaturated/α-hetero) is 2. The molecule has 4 rings (SSSR count). The van der Waals surface area contributed by atoms with Crippen LogP contribution in [0.15, 0.2) is 88.9 Å². The van der Waals surface area contributed by atoms with Gasteiger partial charge in [0, 0.05) is 45.1 Å². The van der Waals surface area contributed by atoms with Crippen LogP contribution in [0.1, 0.15) is 96.1 Å². The van der Waals surface area contributed by atoms with E-state index < -0.39 is 114 Å². The Morgan fingerprint density at radius 2 is 1.34 bits per heavy atom. The summed E-state index contributed by atoms with van der Waals surface area (Å²) in [4.78, 5) is 131. The van der Waals surface area contributed by atoms with Gasteiger partial charge in [0.2, 0.25) is 35.4 Å². The van der Waals surface area contributed by atoms with Crippen LogP contribution in [0.4, 0.5) is 0 Å². The van der Waals surface area contributed by atoms with E-state index in [1.165, 1.54) is 4.90 Å². The molecule has 484 valence electrons. The zero-order chi connectivity index (χ0) is 64.9. The number of nitrogens with zero attached hydrogens (tertiary/aromatic N) is 3. The fraction of sp³-hybridized carbons (Fsp3) is 0.550. The third-order valence-corrected chi connectivity index (χ3v) is 14.7. The van der Waals surface area contributed by atoms with Gasteiger partial charge in [-0.15, -0.1) is 0 Å². The number of ether oxygens (including phenoxy) is 1. The number of guanidine groups is 2. The van der Waals surface area contributed by atoms with Crippen LogP contribution < -0.4 is 76.4 Å². The number of benzene rings is 2. The first-order valence-corrected chi connectivity index (χ1v) is 29.7. The van der Waals surface area contributed by atoms with Crippen LogP contribution in [0, 0.1) is 11.8 Å². The Bertz CT molecular complexity index is 2760. The molecule has 2 fully saturated rings. The lowest BCUT2D eigenvalue weighted by molar-refractivity contribution is -0.142. The molecule has 0 aromatic heterocycles. The molecule has 2 aromatic rings. The van der Waals surface area contributed by atoms with Crippen molar-refractivity contribution in [3.05, 3.63) is 90.0 Å². The van der Waals surface area contributed by atoms with E-state index in [1.54, 1.807) is 57.2 Å². The number of carbonyl (C=O) groups is 9. The number of amides is 6. The number of aliphatic carboxylic acids is 1. The molecule has 28 heteroatoms. The minimum absolute atomic E-state index is 0.000114. The number of hydrogen-bond acceptors (Lipinski definition) is 17. The smallest absolute Gasteiger partial charge is 0.326 e. The Morgan fingerprint density at radius 1 is 0.739 bits per heavy atom. The second-order valence-electron chi connectivity index (χ2n) is 22.6. The number of aliphatic hydroxyl groups is 1. The first-order chi connectivity index (χ1) is 41.9. The Kier molecular flexibility index (Phi) is 30.7. The highest BCUT2D eigenvalue weighted by molar-refractivity contribution is 5.97. The molecule has 2 saturated heterocycles. The van der Waals surface area contributed by atoms with Gasteiger partial charge >= 0.3 is 5.97 Å². The number of ketones is 2. The lowest BCUT2D eigenvalue weighted by atomic mass is 9.93. The fourth-order valence-electron chi connectivity index (χ4n) is 9.92. The lowest BCUT2D eigenvalue weighted by Gasteiger charge is -2.29. The van der Waals surface area contributed by atoms with Crippen molar-refractivity contribution in [3.63, 3.8) is 0 Å². The highest BCUT2D eigenvalue weighted by Gasteiger charge is 2.39. The molecule has 0 aliphatic carbocycles. The summed E-state index contributed by atoms with van der Waals surface area (Å²) in [6.45, 7) is 9.42. The van der Waals surface area contributed by atoms with Gasteiger partial charge in [-0.05, 0) is 100 Å². The number of rotatable bonds is 39. The quantitative estimate of drug-likeness (QED) is 0.0145. The van der Waals surface area contributed by atoms with Crippen molar-refractivity contribution < 1.29 is 58.1 Å². The topological polar surface area (TPSA) is 472 Å². The van der Waals surface area contributed by atoms with E-state index in [0.29, 0.717) is 37.2 Å². The van der Waals surface area contributed by atoms with E-state index in [-0.39, 0.29) is 114 Å². The number of likely N-dealkylation sites (tertiary alicyclic amines) is 1. The van der Waals surface area contributed by atoms with Gasteiger partial charge in [0.15, 0.2) is 23.5 Å². The van der Waals surface area contributed by atoms with E-state index in [1.807, 2.05) is 30.3 Å². The monoisotopic (exact) mass is 1230 g/mol. The first-order valence-electron chi connectivity index (χ1n) is 29.7. The summed E-state index contributed by atoms with van der Waals surface area (Å²) in [5.41, 5.74) is 36.8. The van der Waals surface area contributed by atoms with Gasteiger partial charge in [0.05, 0.1) is 37.3 Å². The molecule has 6 amide bonds. The summed E-state index contributed by atoms with van der Waals surface area (Å²) in [5.74, 6) is -6.83. The van der Waals surface area contributed by atoms with Gasteiger partial charge < -0.3 is 91.5 Å². The molecular weight excluding hydrogens is 1140 g/mol. The SMILES string of the molecule is C=C(C)CNCC(=O)[C@@H](C/C=C/C[C@H](N)C(=O)C1CN[C@H](C(=O)N[C@H](Cc2ccc(OCc3ccccc3)cc2)C(=O)O)C1)NC(=O)[C@H](CO)NC(=O)[C@H](CC(C)C)NC(=O)[C@H](CCCN=C(N)N)NC(=O)[C@@H]1CCCN1C(=O)[C@@H](N)CCCN=C(N)N. The van der Waals surface area contributed by atoms with Crippen molar-refractivity contribution in [1.82, 2.24) is 42.1 Å². The van der Waals surface area contributed by atoms with E-state index >= 15 is 0 Å². The second kappa shape index (κ2) is 37.4. The highest BCUT2D eigenvalue weighted by Crippen LogP contribution is 2.22. The molecule has 2 aliphatic heterocycles. The summed E-state index contributed by atoms with van der Waals surface area (Å²) in [6, 6.07) is 6.11. The summed E-state index contributed by atoms with van der Waals surface area (Å²) in [5, 5.41) is 39.6. The Morgan fingerprint density at radius 3 is 1.97 bits per heavy atom. The molecule has 0 radical (unpaired) electrons. The van der Waals surface area contributed by atoms with Crippen LogP contribution >= 0.6 is 0 Å². The van der Waals surface area contributed by atoms with Crippen molar-refractivity contribution in [2.75, 3.05) is 45.9 Å². The predicted molar refractivity (Wildman–Crippen MR) is 331 cm³/mol. The van der Waals surface area contributed by atoms with Crippen LogP contribution in [0.5, 0.6) is 5.75 Å².